The molecule has 0 spiro atoms. The lowest BCUT2D eigenvalue weighted by Gasteiger charge is -2.10. The highest BCUT2D eigenvalue weighted by Gasteiger charge is 2.23. The number of hydrogen-bond donors (Lipinski definition) is 1. The SMILES string of the molecule is COc1ccc(C=C2C(=O)Nc3ccccc32)cc1-c1ccccc1.COc1ccc(C=O)cc1-c1ccccc1. The van der Waals surface area contributed by atoms with Crippen molar-refractivity contribution in [3.8, 4) is 33.8 Å². The van der Waals surface area contributed by atoms with Crippen molar-refractivity contribution in [3.63, 3.8) is 0 Å². The van der Waals surface area contributed by atoms with E-state index in [0.29, 0.717) is 11.1 Å². The zero-order valence-electron chi connectivity index (χ0n) is 22.8. The first kappa shape index (κ1) is 27.2. The Hall–Kier alpha value is -5.42. The molecular formula is C36H29NO4. The molecule has 0 saturated heterocycles. The molecule has 1 aliphatic heterocycles. The van der Waals surface area contributed by atoms with Gasteiger partial charge in [0.25, 0.3) is 5.91 Å². The summed E-state index contributed by atoms with van der Waals surface area (Å²) in [5.41, 5.74) is 8.15. The average Bonchev–Trinajstić information content (AvgIpc) is 3.36. The quantitative estimate of drug-likeness (QED) is 0.175. The lowest BCUT2D eigenvalue weighted by atomic mass is 9.99. The first-order chi connectivity index (χ1) is 20.1. The van der Waals surface area contributed by atoms with Crippen molar-refractivity contribution in [3.05, 3.63) is 138 Å². The van der Waals surface area contributed by atoms with E-state index in [4.69, 9.17) is 9.47 Å². The number of para-hydroxylation sites is 1. The summed E-state index contributed by atoms with van der Waals surface area (Å²) in [7, 11) is 3.29. The molecule has 0 atom stereocenters. The van der Waals surface area contributed by atoms with Gasteiger partial charge in [-0.3, -0.25) is 9.59 Å². The molecule has 1 N–H and O–H groups in total. The molecule has 5 nitrogen and oxygen atoms in total. The number of methoxy groups -OCH3 is 2. The van der Waals surface area contributed by atoms with Crippen LogP contribution in [0.5, 0.6) is 11.5 Å². The van der Waals surface area contributed by atoms with Gasteiger partial charge in [-0.2, -0.15) is 0 Å². The monoisotopic (exact) mass is 539 g/mol. The van der Waals surface area contributed by atoms with Crippen molar-refractivity contribution >= 4 is 29.5 Å². The largest absolute Gasteiger partial charge is 0.496 e. The van der Waals surface area contributed by atoms with Crippen LogP contribution in [0.1, 0.15) is 21.5 Å². The molecule has 5 heteroatoms. The van der Waals surface area contributed by atoms with Crippen molar-refractivity contribution < 1.29 is 19.1 Å². The Bertz CT molecular complexity index is 1710. The average molecular weight is 540 g/mol. The topological polar surface area (TPSA) is 64.6 Å². The Morgan fingerprint density at radius 2 is 1.10 bits per heavy atom. The van der Waals surface area contributed by atoms with E-state index >= 15 is 0 Å². The van der Waals surface area contributed by atoms with E-state index in [0.717, 1.165) is 56.9 Å². The van der Waals surface area contributed by atoms with Gasteiger partial charge in [-0.25, -0.2) is 0 Å². The van der Waals surface area contributed by atoms with Crippen LogP contribution in [0.2, 0.25) is 0 Å². The number of benzene rings is 5. The van der Waals surface area contributed by atoms with Crippen LogP contribution in [-0.4, -0.2) is 26.4 Å². The lowest BCUT2D eigenvalue weighted by molar-refractivity contribution is -0.110. The van der Waals surface area contributed by atoms with Gasteiger partial charge in [0.2, 0.25) is 0 Å². The van der Waals surface area contributed by atoms with Crippen LogP contribution in [-0.2, 0) is 4.79 Å². The highest BCUT2D eigenvalue weighted by molar-refractivity contribution is 6.34. The normalized spacial score (nSPS) is 12.5. The van der Waals surface area contributed by atoms with Gasteiger partial charge < -0.3 is 14.8 Å². The van der Waals surface area contributed by atoms with Gasteiger partial charge in [-0.15, -0.1) is 0 Å². The van der Waals surface area contributed by atoms with Gasteiger partial charge >= 0.3 is 0 Å². The molecule has 202 valence electrons. The first-order valence-corrected chi connectivity index (χ1v) is 13.2. The Balaban J connectivity index is 0.000000182. The van der Waals surface area contributed by atoms with E-state index in [-0.39, 0.29) is 5.91 Å². The molecule has 0 fully saturated rings. The number of nitrogens with one attached hydrogen (secondary N) is 1. The molecule has 0 radical (unpaired) electrons. The molecular weight excluding hydrogens is 510 g/mol. The predicted octanol–water partition coefficient (Wildman–Crippen LogP) is 8.03. The summed E-state index contributed by atoms with van der Waals surface area (Å²) in [6.07, 6.45) is 2.76. The summed E-state index contributed by atoms with van der Waals surface area (Å²) >= 11 is 0. The van der Waals surface area contributed by atoms with Crippen LogP contribution in [0.15, 0.2) is 121 Å². The highest BCUT2D eigenvalue weighted by Crippen LogP contribution is 2.35. The van der Waals surface area contributed by atoms with E-state index in [9.17, 15) is 9.59 Å². The van der Waals surface area contributed by atoms with Crippen LogP contribution in [0, 0.1) is 0 Å². The third-order valence-corrected chi connectivity index (χ3v) is 6.77. The molecule has 0 saturated carbocycles. The summed E-state index contributed by atoms with van der Waals surface area (Å²) in [5.74, 6) is 1.51. The minimum absolute atomic E-state index is 0.0710. The number of aldehydes is 1. The molecule has 5 aromatic carbocycles. The minimum atomic E-state index is -0.0710. The lowest BCUT2D eigenvalue weighted by Crippen LogP contribution is -2.03. The third-order valence-electron chi connectivity index (χ3n) is 6.77. The van der Waals surface area contributed by atoms with Gasteiger partial charge in [0.15, 0.2) is 0 Å². The zero-order chi connectivity index (χ0) is 28.6. The smallest absolute Gasteiger partial charge is 0.256 e. The van der Waals surface area contributed by atoms with Crippen LogP contribution < -0.4 is 14.8 Å². The number of ether oxygens (including phenoxy) is 2. The van der Waals surface area contributed by atoms with Gasteiger partial charge in [0.1, 0.15) is 17.8 Å². The van der Waals surface area contributed by atoms with Crippen molar-refractivity contribution in [2.75, 3.05) is 19.5 Å². The van der Waals surface area contributed by atoms with Crippen LogP contribution >= 0.6 is 0 Å². The number of hydrogen-bond acceptors (Lipinski definition) is 4. The van der Waals surface area contributed by atoms with Crippen molar-refractivity contribution in [2.45, 2.75) is 0 Å². The Morgan fingerprint density at radius 3 is 1.66 bits per heavy atom. The number of carbonyl (C=O) groups excluding carboxylic acids is 2. The maximum absolute atomic E-state index is 12.3. The second-order valence-electron chi connectivity index (χ2n) is 9.33. The molecule has 1 heterocycles. The van der Waals surface area contributed by atoms with Crippen LogP contribution in [0.4, 0.5) is 5.69 Å². The second kappa shape index (κ2) is 12.6. The summed E-state index contributed by atoms with van der Waals surface area (Å²) in [6, 6.07) is 39.0. The molecule has 41 heavy (non-hydrogen) atoms. The molecule has 1 amide bonds. The van der Waals surface area contributed by atoms with E-state index in [1.165, 1.54) is 0 Å². The number of fused-ring (bicyclic) bond motifs is 1. The summed E-state index contributed by atoms with van der Waals surface area (Å²) < 4.78 is 10.8. The third kappa shape index (κ3) is 6.10. The van der Waals surface area contributed by atoms with Crippen molar-refractivity contribution in [1.29, 1.82) is 0 Å². The van der Waals surface area contributed by atoms with Gasteiger partial charge in [-0.1, -0.05) is 84.9 Å². The maximum atomic E-state index is 12.3. The fourth-order valence-corrected chi connectivity index (χ4v) is 4.75. The van der Waals surface area contributed by atoms with Crippen molar-refractivity contribution in [1.82, 2.24) is 0 Å². The van der Waals surface area contributed by atoms with E-state index in [1.807, 2.05) is 115 Å². The van der Waals surface area contributed by atoms with Gasteiger partial charge in [0.05, 0.1) is 14.2 Å². The van der Waals surface area contributed by atoms with Gasteiger partial charge in [0, 0.05) is 33.5 Å². The summed E-state index contributed by atoms with van der Waals surface area (Å²) in [4.78, 5) is 23.1. The Morgan fingerprint density at radius 1 is 0.585 bits per heavy atom. The second-order valence-corrected chi connectivity index (χ2v) is 9.33. The molecule has 1 aliphatic rings. The van der Waals surface area contributed by atoms with E-state index in [2.05, 4.69) is 11.4 Å². The van der Waals surface area contributed by atoms with Gasteiger partial charge in [-0.05, 0) is 59.2 Å². The Labute approximate surface area is 239 Å². The fraction of sp³-hybridized carbons (Fsp3) is 0.0556. The fourth-order valence-electron chi connectivity index (χ4n) is 4.75. The number of rotatable bonds is 6. The number of amides is 1. The molecule has 0 bridgehead atoms. The molecule has 6 rings (SSSR count). The Kier molecular flexibility index (Phi) is 8.36. The molecule has 0 aromatic heterocycles. The van der Waals surface area contributed by atoms with Crippen LogP contribution in [0.3, 0.4) is 0 Å². The van der Waals surface area contributed by atoms with E-state index < -0.39 is 0 Å². The van der Waals surface area contributed by atoms with Crippen LogP contribution in [0.25, 0.3) is 33.9 Å². The molecule has 5 aromatic rings. The highest BCUT2D eigenvalue weighted by atomic mass is 16.5. The summed E-state index contributed by atoms with van der Waals surface area (Å²) in [6.45, 7) is 0. The predicted molar refractivity (Wildman–Crippen MR) is 165 cm³/mol. The maximum Gasteiger partial charge on any atom is 0.256 e. The summed E-state index contributed by atoms with van der Waals surface area (Å²) in [5, 5.41) is 2.90. The first-order valence-electron chi connectivity index (χ1n) is 13.2. The zero-order valence-corrected chi connectivity index (χ0v) is 22.8. The minimum Gasteiger partial charge on any atom is -0.496 e. The number of anilines is 1. The standard InChI is InChI=1S/C22H17NO2.C14H12O2/c1-25-21-12-11-15(13-18(21)16-7-3-2-4-8-16)14-19-17-9-5-6-10-20(17)23-22(19)24;1-16-14-8-7-11(10-15)9-13(14)12-5-3-2-4-6-12/h2-14H,1H3,(H,23,24);2-10H,1H3. The van der Waals surface area contributed by atoms with E-state index in [1.54, 1.807) is 20.3 Å². The molecule has 0 aliphatic carbocycles. The van der Waals surface area contributed by atoms with Crippen molar-refractivity contribution in [2.24, 2.45) is 0 Å². The number of carbonyl (C=O) groups is 2. The molecule has 0 unspecified atom stereocenters.